The van der Waals surface area contributed by atoms with Crippen molar-refractivity contribution in [2.45, 2.75) is 33.4 Å². The van der Waals surface area contributed by atoms with Gasteiger partial charge in [0.05, 0.1) is 5.56 Å². The fourth-order valence-electron chi connectivity index (χ4n) is 1.13. The van der Waals surface area contributed by atoms with Crippen LogP contribution in [0.4, 0.5) is 17.6 Å². The zero-order valence-corrected chi connectivity index (χ0v) is 8.95. The Morgan fingerprint density at radius 3 is 2.07 bits per heavy atom. The second-order valence-electron chi connectivity index (χ2n) is 2.65. The minimum absolute atomic E-state index is 0.00694. The molecule has 4 heteroatoms. The van der Waals surface area contributed by atoms with Gasteiger partial charge in [0.2, 0.25) is 0 Å². The lowest BCUT2D eigenvalue weighted by molar-refractivity contribution is -0.138. The van der Waals surface area contributed by atoms with Crippen molar-refractivity contribution in [3.63, 3.8) is 0 Å². The number of benzene rings is 1. The monoisotopic (exact) mass is 222 g/mol. The summed E-state index contributed by atoms with van der Waals surface area (Å²) >= 11 is 0. The van der Waals surface area contributed by atoms with Crippen LogP contribution in [0.25, 0.3) is 0 Å². The van der Waals surface area contributed by atoms with Gasteiger partial charge < -0.3 is 0 Å². The Hall–Kier alpha value is -1.06. The van der Waals surface area contributed by atoms with Gasteiger partial charge in [0.1, 0.15) is 5.82 Å². The van der Waals surface area contributed by atoms with Crippen molar-refractivity contribution >= 4 is 0 Å². The molecule has 0 aliphatic heterocycles. The topological polar surface area (TPSA) is 0 Å². The SMILES string of the molecule is CC.CCc1cc(F)ccc1C(F)(F)F. The van der Waals surface area contributed by atoms with Crippen LogP contribution in [0.5, 0.6) is 0 Å². The van der Waals surface area contributed by atoms with E-state index in [1.54, 1.807) is 6.92 Å². The van der Waals surface area contributed by atoms with Crippen LogP contribution in [0.1, 0.15) is 31.9 Å². The number of rotatable bonds is 1. The summed E-state index contributed by atoms with van der Waals surface area (Å²) in [5.41, 5.74) is -0.760. The third-order valence-electron chi connectivity index (χ3n) is 1.75. The Labute approximate surface area is 86.9 Å². The van der Waals surface area contributed by atoms with Crippen molar-refractivity contribution in [1.29, 1.82) is 0 Å². The number of alkyl halides is 3. The molecule has 1 aromatic rings. The molecule has 0 atom stereocenters. The van der Waals surface area contributed by atoms with Crippen molar-refractivity contribution in [3.8, 4) is 0 Å². The van der Waals surface area contributed by atoms with E-state index in [1.807, 2.05) is 13.8 Å². The summed E-state index contributed by atoms with van der Waals surface area (Å²) in [6.45, 7) is 5.56. The Kier molecular flexibility index (Phi) is 5.33. The summed E-state index contributed by atoms with van der Waals surface area (Å²) < 4.78 is 49.3. The molecule has 0 saturated heterocycles. The zero-order chi connectivity index (χ0) is 12.1. The Bertz CT molecular complexity index is 302. The second kappa shape index (κ2) is 5.73. The van der Waals surface area contributed by atoms with Gasteiger partial charge in [0, 0.05) is 0 Å². The van der Waals surface area contributed by atoms with Crippen LogP contribution in [-0.2, 0) is 12.6 Å². The molecule has 0 fully saturated rings. The zero-order valence-electron chi connectivity index (χ0n) is 8.95. The number of hydrogen-bond acceptors (Lipinski definition) is 0. The molecule has 0 unspecified atom stereocenters. The first-order chi connectivity index (χ1) is 6.95. The van der Waals surface area contributed by atoms with Gasteiger partial charge in [-0.2, -0.15) is 13.2 Å². The summed E-state index contributed by atoms with van der Waals surface area (Å²) in [6.07, 6.45) is -4.22. The first-order valence-corrected chi connectivity index (χ1v) is 4.80. The van der Waals surface area contributed by atoms with Crippen LogP contribution in [0, 0.1) is 5.82 Å². The lowest BCUT2D eigenvalue weighted by Crippen LogP contribution is -2.08. The average Bonchev–Trinajstić information content (AvgIpc) is 2.18. The molecule has 0 heterocycles. The molecule has 0 aliphatic rings. The van der Waals surface area contributed by atoms with Gasteiger partial charge >= 0.3 is 6.18 Å². The molecule has 15 heavy (non-hydrogen) atoms. The number of aryl methyl sites for hydroxylation is 1. The van der Waals surface area contributed by atoms with E-state index in [0.29, 0.717) is 0 Å². The molecule has 1 aromatic carbocycles. The molecule has 0 nitrogen and oxygen atoms in total. The van der Waals surface area contributed by atoms with Gasteiger partial charge in [-0.3, -0.25) is 0 Å². The smallest absolute Gasteiger partial charge is 0.207 e. The van der Waals surface area contributed by atoms with Crippen molar-refractivity contribution in [1.82, 2.24) is 0 Å². The predicted molar refractivity (Wildman–Crippen MR) is 52.1 cm³/mol. The predicted octanol–water partition coefficient (Wildman–Crippen LogP) is 4.43. The van der Waals surface area contributed by atoms with Crippen LogP contribution in [0.3, 0.4) is 0 Å². The highest BCUT2D eigenvalue weighted by molar-refractivity contribution is 5.30. The van der Waals surface area contributed by atoms with E-state index in [0.717, 1.165) is 18.2 Å². The summed E-state index contributed by atoms with van der Waals surface area (Å²) in [7, 11) is 0. The fraction of sp³-hybridized carbons (Fsp3) is 0.455. The van der Waals surface area contributed by atoms with Gasteiger partial charge in [-0.05, 0) is 30.2 Å². The van der Waals surface area contributed by atoms with E-state index in [-0.39, 0.29) is 12.0 Å². The molecule has 0 radical (unpaired) electrons. The van der Waals surface area contributed by atoms with Crippen LogP contribution in [-0.4, -0.2) is 0 Å². The number of halogens is 4. The van der Waals surface area contributed by atoms with E-state index in [2.05, 4.69) is 0 Å². The maximum Gasteiger partial charge on any atom is 0.416 e. The standard InChI is InChI=1S/C9H8F4.C2H6/c1-2-6-5-7(10)3-4-8(6)9(11,12)13;1-2/h3-5H,2H2,1H3;1-2H3. The maximum absolute atomic E-state index is 12.6. The Morgan fingerprint density at radius 2 is 1.67 bits per heavy atom. The van der Waals surface area contributed by atoms with Crippen molar-refractivity contribution < 1.29 is 17.6 Å². The third kappa shape index (κ3) is 3.90. The first-order valence-electron chi connectivity index (χ1n) is 4.80. The van der Waals surface area contributed by atoms with E-state index in [4.69, 9.17) is 0 Å². The first kappa shape index (κ1) is 13.9. The van der Waals surface area contributed by atoms with Gasteiger partial charge in [0.15, 0.2) is 0 Å². The molecule has 0 N–H and O–H groups in total. The molecule has 0 bridgehead atoms. The summed E-state index contributed by atoms with van der Waals surface area (Å²) in [6, 6.07) is 2.51. The highest BCUT2D eigenvalue weighted by Gasteiger charge is 2.32. The van der Waals surface area contributed by atoms with Crippen LogP contribution in [0.15, 0.2) is 18.2 Å². The van der Waals surface area contributed by atoms with Gasteiger partial charge in [0.25, 0.3) is 0 Å². The molecule has 0 aliphatic carbocycles. The normalized spacial score (nSPS) is 10.6. The molecule has 0 amide bonds. The quantitative estimate of drug-likeness (QED) is 0.616. The highest BCUT2D eigenvalue weighted by Crippen LogP contribution is 2.32. The molecule has 1 rings (SSSR count). The van der Waals surface area contributed by atoms with Crippen LogP contribution in [0.2, 0.25) is 0 Å². The minimum Gasteiger partial charge on any atom is -0.207 e. The van der Waals surface area contributed by atoms with E-state index in [1.165, 1.54) is 0 Å². The second-order valence-corrected chi connectivity index (χ2v) is 2.65. The van der Waals surface area contributed by atoms with Crippen molar-refractivity contribution in [2.24, 2.45) is 0 Å². The summed E-state index contributed by atoms with van der Waals surface area (Å²) in [5.74, 6) is -0.634. The number of hydrogen-bond donors (Lipinski definition) is 0. The molecular formula is C11H14F4. The summed E-state index contributed by atoms with van der Waals surface area (Å²) in [4.78, 5) is 0. The molecule has 86 valence electrons. The molecule has 0 aromatic heterocycles. The molecule has 0 spiro atoms. The van der Waals surface area contributed by atoms with Gasteiger partial charge in [-0.15, -0.1) is 0 Å². The highest BCUT2D eigenvalue weighted by atomic mass is 19.4. The summed E-state index contributed by atoms with van der Waals surface area (Å²) in [5, 5.41) is 0. The largest absolute Gasteiger partial charge is 0.416 e. The minimum atomic E-state index is -4.39. The Morgan fingerprint density at radius 1 is 1.13 bits per heavy atom. The van der Waals surface area contributed by atoms with Crippen LogP contribution < -0.4 is 0 Å². The van der Waals surface area contributed by atoms with E-state index in [9.17, 15) is 17.6 Å². The van der Waals surface area contributed by atoms with Crippen LogP contribution >= 0.6 is 0 Å². The van der Waals surface area contributed by atoms with Gasteiger partial charge in [-0.25, -0.2) is 4.39 Å². The maximum atomic E-state index is 12.6. The molecule has 0 saturated carbocycles. The van der Waals surface area contributed by atoms with Crippen molar-refractivity contribution in [2.75, 3.05) is 0 Å². The fourth-order valence-corrected chi connectivity index (χ4v) is 1.13. The third-order valence-corrected chi connectivity index (χ3v) is 1.75. The Balaban J connectivity index is 0.000000921. The van der Waals surface area contributed by atoms with E-state index >= 15 is 0 Å². The lowest BCUT2D eigenvalue weighted by Gasteiger charge is -2.10. The molecular weight excluding hydrogens is 208 g/mol. The van der Waals surface area contributed by atoms with Gasteiger partial charge in [-0.1, -0.05) is 20.8 Å². The van der Waals surface area contributed by atoms with E-state index < -0.39 is 17.6 Å². The lowest BCUT2D eigenvalue weighted by atomic mass is 10.0. The van der Waals surface area contributed by atoms with Crippen molar-refractivity contribution in [3.05, 3.63) is 35.1 Å². The average molecular weight is 222 g/mol.